The number of carbonyl (C=O) groups is 1. The molecule has 1 aromatic heterocycles. The highest BCUT2D eigenvalue weighted by Gasteiger charge is 2.21. The average Bonchev–Trinajstić information content (AvgIpc) is 3.22. The number of anilines is 1. The molecule has 6 nitrogen and oxygen atoms in total. The van der Waals surface area contributed by atoms with Crippen LogP contribution in [0.4, 0.5) is 5.69 Å². The van der Waals surface area contributed by atoms with E-state index < -0.39 is 10.0 Å². The number of hydrogen-bond acceptors (Lipinski definition) is 5. The topological polar surface area (TPSA) is 84.5 Å². The molecule has 140 valence electrons. The first-order valence-corrected chi connectivity index (χ1v) is 10.9. The van der Waals surface area contributed by atoms with E-state index in [-0.39, 0.29) is 25.6 Å². The molecule has 1 aliphatic rings. The lowest BCUT2D eigenvalue weighted by molar-refractivity contribution is 0.0858. The molecule has 10 heteroatoms. The number of amides is 1. The molecule has 1 aromatic carbocycles. The zero-order valence-electron chi connectivity index (χ0n) is 13.5. The second kappa shape index (κ2) is 8.14. The van der Waals surface area contributed by atoms with Crippen molar-refractivity contribution in [1.82, 2.24) is 5.32 Å². The SMILES string of the molecule is O=C(NCC1CCCO1)c1ccc(NS(=O)(=O)c2cc(Cl)sc2Cl)cc1. The first kappa shape index (κ1) is 19.4. The molecular weight excluding hydrogens is 419 g/mol. The van der Waals surface area contributed by atoms with Crippen molar-refractivity contribution in [3.8, 4) is 0 Å². The Hall–Kier alpha value is -1.32. The fourth-order valence-electron chi connectivity index (χ4n) is 2.52. The molecule has 1 amide bonds. The maximum atomic E-state index is 12.4. The Morgan fingerprint density at radius 1 is 1.27 bits per heavy atom. The van der Waals surface area contributed by atoms with E-state index in [4.69, 9.17) is 27.9 Å². The number of benzene rings is 1. The molecule has 2 heterocycles. The fraction of sp³-hybridized carbons (Fsp3) is 0.312. The summed E-state index contributed by atoms with van der Waals surface area (Å²) in [5, 5.41) is 2.81. The summed E-state index contributed by atoms with van der Waals surface area (Å²) < 4.78 is 33.0. The van der Waals surface area contributed by atoms with Gasteiger partial charge in [-0.15, -0.1) is 11.3 Å². The molecule has 0 saturated carbocycles. The van der Waals surface area contributed by atoms with Crippen LogP contribution in [0.3, 0.4) is 0 Å². The van der Waals surface area contributed by atoms with Crippen LogP contribution in [0.1, 0.15) is 23.2 Å². The summed E-state index contributed by atoms with van der Waals surface area (Å²) in [6.45, 7) is 1.19. The number of sulfonamides is 1. The molecule has 0 aliphatic carbocycles. The summed E-state index contributed by atoms with van der Waals surface area (Å²) in [7, 11) is -3.85. The number of nitrogens with one attached hydrogen (secondary N) is 2. The van der Waals surface area contributed by atoms with Gasteiger partial charge in [-0.05, 0) is 43.2 Å². The van der Waals surface area contributed by atoms with E-state index in [1.807, 2.05) is 0 Å². The van der Waals surface area contributed by atoms with Gasteiger partial charge in [0, 0.05) is 24.4 Å². The third kappa shape index (κ3) is 4.69. The van der Waals surface area contributed by atoms with Gasteiger partial charge >= 0.3 is 0 Å². The smallest absolute Gasteiger partial charge is 0.264 e. The van der Waals surface area contributed by atoms with E-state index in [1.54, 1.807) is 12.1 Å². The first-order chi connectivity index (χ1) is 12.3. The Bertz CT molecular complexity index is 891. The van der Waals surface area contributed by atoms with Gasteiger partial charge in [-0.1, -0.05) is 23.2 Å². The monoisotopic (exact) mass is 434 g/mol. The number of carbonyl (C=O) groups excluding carboxylic acids is 1. The predicted octanol–water partition coefficient (Wildman–Crippen LogP) is 3.76. The zero-order chi connectivity index (χ0) is 18.7. The van der Waals surface area contributed by atoms with Gasteiger partial charge in [-0.25, -0.2) is 8.42 Å². The van der Waals surface area contributed by atoms with E-state index in [1.165, 1.54) is 18.2 Å². The van der Waals surface area contributed by atoms with Gasteiger partial charge in [0.15, 0.2) is 0 Å². The van der Waals surface area contributed by atoms with Crippen molar-refractivity contribution in [1.29, 1.82) is 0 Å². The van der Waals surface area contributed by atoms with Crippen molar-refractivity contribution < 1.29 is 17.9 Å². The van der Waals surface area contributed by atoms with E-state index in [9.17, 15) is 13.2 Å². The maximum Gasteiger partial charge on any atom is 0.264 e. The van der Waals surface area contributed by atoms with Gasteiger partial charge < -0.3 is 10.1 Å². The highest BCUT2D eigenvalue weighted by atomic mass is 35.5. The molecule has 26 heavy (non-hydrogen) atoms. The summed E-state index contributed by atoms with van der Waals surface area (Å²) in [6, 6.07) is 7.42. The quantitative estimate of drug-likeness (QED) is 0.724. The molecule has 1 fully saturated rings. The number of hydrogen-bond donors (Lipinski definition) is 2. The van der Waals surface area contributed by atoms with Crippen molar-refractivity contribution in [3.63, 3.8) is 0 Å². The van der Waals surface area contributed by atoms with Crippen LogP contribution in [-0.4, -0.2) is 33.6 Å². The second-order valence-corrected chi connectivity index (χ2v) is 9.65. The summed E-state index contributed by atoms with van der Waals surface area (Å²) in [5.41, 5.74) is 0.752. The predicted molar refractivity (Wildman–Crippen MR) is 103 cm³/mol. The van der Waals surface area contributed by atoms with Crippen molar-refractivity contribution in [2.75, 3.05) is 17.9 Å². The average molecular weight is 435 g/mol. The first-order valence-electron chi connectivity index (χ1n) is 7.83. The largest absolute Gasteiger partial charge is 0.376 e. The molecule has 0 radical (unpaired) electrons. The number of rotatable bonds is 6. The second-order valence-electron chi connectivity index (χ2n) is 5.72. The minimum atomic E-state index is -3.85. The number of ether oxygens (including phenoxy) is 1. The third-order valence-electron chi connectivity index (χ3n) is 3.83. The molecule has 1 atom stereocenters. The minimum Gasteiger partial charge on any atom is -0.376 e. The highest BCUT2D eigenvalue weighted by molar-refractivity contribution is 7.93. The summed E-state index contributed by atoms with van der Waals surface area (Å²) >= 11 is 12.7. The van der Waals surface area contributed by atoms with Crippen LogP contribution in [0.5, 0.6) is 0 Å². The van der Waals surface area contributed by atoms with E-state index in [0.717, 1.165) is 30.8 Å². The maximum absolute atomic E-state index is 12.4. The third-order valence-corrected chi connectivity index (χ3v) is 6.96. The van der Waals surface area contributed by atoms with Crippen molar-refractivity contribution in [3.05, 3.63) is 44.6 Å². The van der Waals surface area contributed by atoms with Gasteiger partial charge in [0.05, 0.1) is 10.4 Å². The molecule has 1 unspecified atom stereocenters. The number of halogens is 2. The Morgan fingerprint density at radius 3 is 2.58 bits per heavy atom. The van der Waals surface area contributed by atoms with Gasteiger partial charge in [0.1, 0.15) is 9.23 Å². The molecule has 0 spiro atoms. The molecule has 0 bridgehead atoms. The van der Waals surface area contributed by atoms with E-state index in [0.29, 0.717) is 17.8 Å². The van der Waals surface area contributed by atoms with Crippen LogP contribution in [0.25, 0.3) is 0 Å². The molecule has 2 N–H and O–H groups in total. The fourth-order valence-corrected chi connectivity index (χ4v) is 5.73. The van der Waals surface area contributed by atoms with Crippen LogP contribution in [0.2, 0.25) is 8.67 Å². The Balaban J connectivity index is 1.63. The lowest BCUT2D eigenvalue weighted by atomic mass is 10.2. The van der Waals surface area contributed by atoms with Crippen LogP contribution >= 0.6 is 34.5 Å². The van der Waals surface area contributed by atoms with Gasteiger partial charge in [0.2, 0.25) is 0 Å². The van der Waals surface area contributed by atoms with Gasteiger partial charge in [0.25, 0.3) is 15.9 Å². The normalized spacial score (nSPS) is 17.2. The Kier molecular flexibility index (Phi) is 6.09. The Morgan fingerprint density at radius 2 is 2.00 bits per heavy atom. The van der Waals surface area contributed by atoms with Crippen molar-refractivity contribution in [2.45, 2.75) is 23.8 Å². The van der Waals surface area contributed by atoms with E-state index >= 15 is 0 Å². The summed E-state index contributed by atoms with van der Waals surface area (Å²) in [5.74, 6) is -0.234. The molecule has 2 aromatic rings. The van der Waals surface area contributed by atoms with Crippen LogP contribution in [-0.2, 0) is 14.8 Å². The standard InChI is InChI=1S/C16H16Cl2N2O4S2/c17-14-8-13(15(18)25-14)26(22,23)20-11-5-3-10(4-6-11)16(21)19-9-12-2-1-7-24-12/h3-6,8,12,20H,1-2,7,9H2,(H,19,21). The zero-order valence-corrected chi connectivity index (χ0v) is 16.6. The van der Waals surface area contributed by atoms with Gasteiger partial charge in [-0.3, -0.25) is 9.52 Å². The van der Waals surface area contributed by atoms with Crippen LogP contribution in [0, 0.1) is 0 Å². The summed E-state index contributed by atoms with van der Waals surface area (Å²) in [4.78, 5) is 12.1. The lowest BCUT2D eigenvalue weighted by Crippen LogP contribution is -2.31. The highest BCUT2D eigenvalue weighted by Crippen LogP contribution is 2.35. The van der Waals surface area contributed by atoms with Crippen molar-refractivity contribution >= 4 is 56.2 Å². The van der Waals surface area contributed by atoms with Gasteiger partial charge in [-0.2, -0.15) is 0 Å². The molecular formula is C16H16Cl2N2O4S2. The van der Waals surface area contributed by atoms with Crippen LogP contribution in [0.15, 0.2) is 35.2 Å². The van der Waals surface area contributed by atoms with Crippen LogP contribution < -0.4 is 10.0 Å². The van der Waals surface area contributed by atoms with E-state index in [2.05, 4.69) is 10.0 Å². The molecule has 1 saturated heterocycles. The van der Waals surface area contributed by atoms with Crippen molar-refractivity contribution in [2.24, 2.45) is 0 Å². The molecule has 1 aliphatic heterocycles. The Labute approximate surface area is 165 Å². The number of thiophene rings is 1. The summed E-state index contributed by atoms with van der Waals surface area (Å²) in [6.07, 6.45) is 2.01. The molecule has 3 rings (SSSR count). The lowest BCUT2D eigenvalue weighted by Gasteiger charge is -2.11. The minimum absolute atomic E-state index is 0.0622.